The van der Waals surface area contributed by atoms with Crippen LogP contribution in [0.15, 0.2) is 30.3 Å². The van der Waals surface area contributed by atoms with Crippen molar-refractivity contribution in [1.29, 1.82) is 5.26 Å². The van der Waals surface area contributed by atoms with Gasteiger partial charge in [-0.1, -0.05) is 6.07 Å². The Morgan fingerprint density at radius 3 is 2.37 bits per heavy atom. The fourth-order valence-corrected chi connectivity index (χ4v) is 1.67. The summed E-state index contributed by atoms with van der Waals surface area (Å²) in [7, 11) is 0. The van der Waals surface area contributed by atoms with Crippen LogP contribution in [0.5, 0.6) is 0 Å². The molecule has 3 N–H and O–H groups in total. The summed E-state index contributed by atoms with van der Waals surface area (Å²) in [4.78, 5) is 0. The topological polar surface area (TPSA) is 61.8 Å². The second-order valence-electron chi connectivity index (χ2n) is 4.13. The highest BCUT2D eigenvalue weighted by atomic mass is 19.1. The van der Waals surface area contributed by atoms with Crippen molar-refractivity contribution in [2.75, 3.05) is 11.1 Å². The SMILES string of the molecule is Cc1ccc(C#N)cc1Nc1c(F)cc(N)cc1F. The van der Waals surface area contributed by atoms with Gasteiger partial charge in [0.05, 0.1) is 11.6 Å². The number of benzene rings is 2. The average Bonchev–Trinajstić information content (AvgIpc) is 2.35. The van der Waals surface area contributed by atoms with E-state index in [0.29, 0.717) is 11.3 Å². The third-order valence-corrected chi connectivity index (χ3v) is 2.69. The van der Waals surface area contributed by atoms with Gasteiger partial charge in [0.25, 0.3) is 0 Å². The molecule has 0 amide bonds. The lowest BCUT2D eigenvalue weighted by molar-refractivity contribution is 0.592. The smallest absolute Gasteiger partial charge is 0.151 e. The first kappa shape index (κ1) is 12.8. The first-order chi connectivity index (χ1) is 9.01. The van der Waals surface area contributed by atoms with Crippen molar-refractivity contribution >= 4 is 17.1 Å². The Morgan fingerprint density at radius 1 is 1.16 bits per heavy atom. The molecule has 0 heterocycles. The summed E-state index contributed by atoms with van der Waals surface area (Å²) in [6, 6.07) is 8.91. The van der Waals surface area contributed by atoms with Crippen LogP contribution in [0, 0.1) is 29.9 Å². The van der Waals surface area contributed by atoms with Gasteiger partial charge in [-0.05, 0) is 36.8 Å². The van der Waals surface area contributed by atoms with Crippen molar-refractivity contribution in [2.24, 2.45) is 0 Å². The number of nitrogens with one attached hydrogen (secondary N) is 1. The second-order valence-corrected chi connectivity index (χ2v) is 4.13. The number of nitrogens with zero attached hydrogens (tertiary/aromatic N) is 1. The number of anilines is 3. The Bertz CT molecular complexity index is 652. The molecule has 0 aromatic heterocycles. The van der Waals surface area contributed by atoms with Crippen LogP contribution in [0.3, 0.4) is 0 Å². The van der Waals surface area contributed by atoms with Gasteiger partial charge in [0.2, 0.25) is 0 Å². The van der Waals surface area contributed by atoms with Crippen molar-refractivity contribution in [1.82, 2.24) is 0 Å². The molecule has 0 saturated heterocycles. The van der Waals surface area contributed by atoms with E-state index >= 15 is 0 Å². The van der Waals surface area contributed by atoms with Crippen LogP contribution in [0.25, 0.3) is 0 Å². The van der Waals surface area contributed by atoms with Crippen LogP contribution in [-0.4, -0.2) is 0 Å². The Labute approximate surface area is 109 Å². The molecule has 0 radical (unpaired) electrons. The molecule has 0 atom stereocenters. The maximum Gasteiger partial charge on any atom is 0.151 e. The first-order valence-electron chi connectivity index (χ1n) is 5.53. The van der Waals surface area contributed by atoms with Crippen molar-refractivity contribution in [3.05, 3.63) is 53.1 Å². The predicted octanol–water partition coefficient (Wildman–Crippen LogP) is 3.47. The summed E-state index contributed by atoms with van der Waals surface area (Å²) in [6.45, 7) is 1.77. The van der Waals surface area contributed by atoms with Gasteiger partial charge in [-0.25, -0.2) is 8.78 Å². The molecule has 0 aliphatic heterocycles. The highest BCUT2D eigenvalue weighted by Crippen LogP contribution is 2.27. The molecule has 0 aliphatic rings. The monoisotopic (exact) mass is 259 g/mol. The summed E-state index contributed by atoms with van der Waals surface area (Å²) >= 11 is 0. The average molecular weight is 259 g/mol. The van der Waals surface area contributed by atoms with E-state index in [0.717, 1.165) is 17.7 Å². The second kappa shape index (κ2) is 4.94. The van der Waals surface area contributed by atoms with Crippen LogP contribution in [0.4, 0.5) is 25.8 Å². The van der Waals surface area contributed by atoms with Gasteiger partial charge in [-0.2, -0.15) is 5.26 Å². The number of nitriles is 1. The van der Waals surface area contributed by atoms with Crippen LogP contribution in [-0.2, 0) is 0 Å². The summed E-state index contributed by atoms with van der Waals surface area (Å²) in [5, 5.41) is 11.5. The highest BCUT2D eigenvalue weighted by molar-refractivity contribution is 5.67. The Morgan fingerprint density at radius 2 is 1.79 bits per heavy atom. The normalized spacial score (nSPS) is 10.0. The molecule has 0 saturated carbocycles. The van der Waals surface area contributed by atoms with E-state index in [1.165, 1.54) is 6.07 Å². The molecular weight excluding hydrogens is 248 g/mol. The van der Waals surface area contributed by atoms with Gasteiger partial charge in [0.1, 0.15) is 5.69 Å². The van der Waals surface area contributed by atoms with Crippen molar-refractivity contribution < 1.29 is 8.78 Å². The van der Waals surface area contributed by atoms with Gasteiger partial charge in [-0.3, -0.25) is 0 Å². The number of hydrogen-bond donors (Lipinski definition) is 2. The van der Waals surface area contributed by atoms with Crippen LogP contribution in [0.2, 0.25) is 0 Å². The molecule has 0 aliphatic carbocycles. The Hall–Kier alpha value is -2.61. The zero-order valence-corrected chi connectivity index (χ0v) is 10.2. The zero-order chi connectivity index (χ0) is 14.0. The lowest BCUT2D eigenvalue weighted by Crippen LogP contribution is -2.01. The molecule has 5 heteroatoms. The van der Waals surface area contributed by atoms with Gasteiger partial charge in [0, 0.05) is 11.4 Å². The van der Waals surface area contributed by atoms with E-state index in [1.54, 1.807) is 19.1 Å². The molecule has 0 unspecified atom stereocenters. The largest absolute Gasteiger partial charge is 0.399 e. The predicted molar refractivity (Wildman–Crippen MR) is 69.9 cm³/mol. The molecular formula is C14H11F2N3. The minimum Gasteiger partial charge on any atom is -0.399 e. The maximum absolute atomic E-state index is 13.7. The zero-order valence-electron chi connectivity index (χ0n) is 10.2. The summed E-state index contributed by atoms with van der Waals surface area (Å²) < 4.78 is 27.3. The van der Waals surface area contributed by atoms with Crippen molar-refractivity contribution in [2.45, 2.75) is 6.92 Å². The van der Waals surface area contributed by atoms with Crippen LogP contribution in [0.1, 0.15) is 11.1 Å². The summed E-state index contributed by atoms with van der Waals surface area (Å²) in [5.41, 5.74) is 6.73. The number of hydrogen-bond acceptors (Lipinski definition) is 3. The summed E-state index contributed by atoms with van der Waals surface area (Å²) in [6.07, 6.45) is 0. The standard InChI is InChI=1S/C14H11F2N3/c1-8-2-3-9(7-17)4-13(8)19-14-11(15)5-10(18)6-12(14)16/h2-6,19H,18H2,1H3. The molecule has 2 aromatic rings. The Kier molecular flexibility index (Phi) is 3.34. The molecule has 2 rings (SSSR count). The number of aryl methyl sites for hydroxylation is 1. The number of rotatable bonds is 2. The van der Waals surface area contributed by atoms with Gasteiger partial charge in [0.15, 0.2) is 11.6 Å². The molecule has 2 aromatic carbocycles. The number of halogens is 2. The minimum atomic E-state index is -0.778. The van der Waals surface area contributed by atoms with E-state index in [-0.39, 0.29) is 11.4 Å². The van der Waals surface area contributed by atoms with Crippen LogP contribution < -0.4 is 11.1 Å². The van der Waals surface area contributed by atoms with Gasteiger partial charge < -0.3 is 11.1 Å². The quantitative estimate of drug-likeness (QED) is 0.812. The third kappa shape index (κ3) is 2.63. The maximum atomic E-state index is 13.7. The fraction of sp³-hybridized carbons (Fsp3) is 0.0714. The number of nitrogen functional groups attached to an aromatic ring is 1. The van der Waals surface area contributed by atoms with Crippen molar-refractivity contribution in [3.63, 3.8) is 0 Å². The molecule has 3 nitrogen and oxygen atoms in total. The van der Waals surface area contributed by atoms with E-state index in [4.69, 9.17) is 11.0 Å². The third-order valence-electron chi connectivity index (χ3n) is 2.69. The van der Waals surface area contributed by atoms with Gasteiger partial charge in [-0.15, -0.1) is 0 Å². The van der Waals surface area contributed by atoms with Crippen molar-refractivity contribution in [3.8, 4) is 6.07 Å². The lowest BCUT2D eigenvalue weighted by atomic mass is 10.1. The van der Waals surface area contributed by atoms with E-state index < -0.39 is 11.6 Å². The summed E-state index contributed by atoms with van der Waals surface area (Å²) in [5.74, 6) is -1.56. The van der Waals surface area contributed by atoms with E-state index in [1.807, 2.05) is 6.07 Å². The fourth-order valence-electron chi connectivity index (χ4n) is 1.67. The highest BCUT2D eigenvalue weighted by Gasteiger charge is 2.11. The number of nitrogens with two attached hydrogens (primary N) is 1. The molecule has 0 spiro atoms. The van der Waals surface area contributed by atoms with Gasteiger partial charge >= 0.3 is 0 Å². The van der Waals surface area contributed by atoms with E-state index in [9.17, 15) is 8.78 Å². The van der Waals surface area contributed by atoms with E-state index in [2.05, 4.69) is 5.32 Å². The van der Waals surface area contributed by atoms with Crippen LogP contribution >= 0.6 is 0 Å². The lowest BCUT2D eigenvalue weighted by Gasteiger charge is -2.12. The molecule has 19 heavy (non-hydrogen) atoms. The molecule has 0 fully saturated rings. The molecule has 0 bridgehead atoms. The molecule has 96 valence electrons. The minimum absolute atomic E-state index is 0.0167. The Balaban J connectivity index is 2.45. The first-order valence-corrected chi connectivity index (χ1v) is 5.53.